The molecule has 2 rings (SSSR count). The number of carbonyl (C=O) groups is 1. The number of halogens is 1. The fraction of sp³-hybridized carbons (Fsp3) is 0.227. The lowest BCUT2D eigenvalue weighted by atomic mass is 9.99. The highest BCUT2D eigenvalue weighted by Gasteiger charge is 2.15. The molecule has 0 spiro atoms. The van der Waals surface area contributed by atoms with E-state index in [9.17, 15) is 4.79 Å². The Balaban J connectivity index is 2.04. The number of hydrogen-bond acceptors (Lipinski definition) is 4. The van der Waals surface area contributed by atoms with Crippen molar-refractivity contribution in [3.8, 4) is 5.75 Å². The molecule has 0 atom stereocenters. The molecule has 0 bridgehead atoms. The molecule has 0 aromatic heterocycles. The first-order valence-corrected chi connectivity index (χ1v) is 9.88. The lowest BCUT2D eigenvalue weighted by Gasteiger charge is -2.13. The normalized spacial score (nSPS) is 11.1. The first-order valence-electron chi connectivity index (χ1n) is 8.64. The number of ketones is 1. The second kappa shape index (κ2) is 10.5. The van der Waals surface area contributed by atoms with Crippen LogP contribution in [-0.4, -0.2) is 37.4 Å². The number of carbonyl (C=O) groups excluding carboxylic acids is 1. The van der Waals surface area contributed by atoms with Crippen molar-refractivity contribution in [2.24, 2.45) is 0 Å². The Morgan fingerprint density at radius 3 is 2.56 bits per heavy atom. The quantitative estimate of drug-likeness (QED) is 0.321. The molecular formula is C22H24BrNO2S. The molecule has 2 aromatic carbocycles. The summed E-state index contributed by atoms with van der Waals surface area (Å²) in [7, 11) is 2.03. The molecule has 3 nitrogen and oxygen atoms in total. The van der Waals surface area contributed by atoms with Gasteiger partial charge >= 0.3 is 0 Å². The zero-order chi connectivity index (χ0) is 19.8. The number of thiol groups is 1. The Morgan fingerprint density at radius 1 is 1.19 bits per heavy atom. The maximum Gasteiger partial charge on any atom is 0.193 e. The summed E-state index contributed by atoms with van der Waals surface area (Å²) in [6.45, 7) is 7.75. The summed E-state index contributed by atoms with van der Waals surface area (Å²) < 4.78 is 6.74. The molecule has 0 N–H and O–H groups in total. The van der Waals surface area contributed by atoms with E-state index in [1.54, 1.807) is 12.1 Å². The van der Waals surface area contributed by atoms with Gasteiger partial charge in [-0.05, 0) is 55.9 Å². The Labute approximate surface area is 175 Å². The van der Waals surface area contributed by atoms with Gasteiger partial charge in [0.05, 0.1) is 0 Å². The minimum Gasteiger partial charge on any atom is -0.488 e. The monoisotopic (exact) mass is 445 g/mol. The van der Waals surface area contributed by atoms with Gasteiger partial charge in [0.1, 0.15) is 12.4 Å². The van der Waals surface area contributed by atoms with E-state index in [0.29, 0.717) is 28.4 Å². The maximum atomic E-state index is 12.7. The van der Waals surface area contributed by atoms with Crippen LogP contribution in [0.1, 0.15) is 21.5 Å². The molecule has 5 heteroatoms. The van der Waals surface area contributed by atoms with Crippen LogP contribution < -0.4 is 4.74 Å². The molecule has 142 valence electrons. The van der Waals surface area contributed by atoms with Crippen molar-refractivity contribution in [2.45, 2.75) is 11.8 Å². The third-order valence-electron chi connectivity index (χ3n) is 4.10. The van der Waals surface area contributed by atoms with E-state index >= 15 is 0 Å². The van der Waals surface area contributed by atoms with E-state index < -0.39 is 0 Å². The molecular weight excluding hydrogens is 422 g/mol. The van der Waals surface area contributed by atoms with Gasteiger partial charge in [-0.1, -0.05) is 34.2 Å². The average molecular weight is 446 g/mol. The number of benzene rings is 2. The molecule has 0 unspecified atom stereocenters. The molecule has 0 heterocycles. The van der Waals surface area contributed by atoms with Crippen LogP contribution in [0.25, 0.3) is 0 Å². The van der Waals surface area contributed by atoms with Crippen LogP contribution in [0, 0.1) is 6.92 Å². The number of hydrogen-bond donors (Lipinski definition) is 1. The van der Waals surface area contributed by atoms with Gasteiger partial charge in [0.25, 0.3) is 0 Å². The minimum atomic E-state index is -0.0213. The minimum absolute atomic E-state index is 0.0213. The number of nitrogens with zero attached hydrogens (tertiary/aromatic N) is 1. The van der Waals surface area contributed by atoms with E-state index in [-0.39, 0.29) is 5.78 Å². The van der Waals surface area contributed by atoms with Crippen molar-refractivity contribution in [1.82, 2.24) is 4.90 Å². The van der Waals surface area contributed by atoms with Gasteiger partial charge < -0.3 is 4.74 Å². The molecule has 0 amide bonds. The van der Waals surface area contributed by atoms with Crippen LogP contribution in [0.2, 0.25) is 0 Å². The highest BCUT2D eigenvalue weighted by molar-refractivity contribution is 9.10. The van der Waals surface area contributed by atoms with E-state index in [1.165, 1.54) is 0 Å². The van der Waals surface area contributed by atoms with Gasteiger partial charge in [-0.2, -0.15) is 0 Å². The summed E-state index contributed by atoms with van der Waals surface area (Å²) in [4.78, 5) is 15.6. The molecule has 0 aliphatic carbocycles. The van der Waals surface area contributed by atoms with E-state index in [2.05, 4.69) is 46.1 Å². The van der Waals surface area contributed by atoms with Crippen LogP contribution in [-0.2, 0) is 0 Å². The second-order valence-corrected chi connectivity index (χ2v) is 7.58. The van der Waals surface area contributed by atoms with Crippen LogP contribution in [0.15, 0.2) is 70.6 Å². The summed E-state index contributed by atoms with van der Waals surface area (Å²) in [6.07, 6.45) is 5.90. The van der Waals surface area contributed by atoms with Crippen LogP contribution in [0.3, 0.4) is 0 Å². The Hall–Kier alpha value is -1.82. The van der Waals surface area contributed by atoms with Crippen molar-refractivity contribution in [1.29, 1.82) is 0 Å². The fourth-order valence-electron chi connectivity index (χ4n) is 2.55. The predicted octanol–water partition coefficient (Wildman–Crippen LogP) is 5.33. The van der Waals surface area contributed by atoms with Gasteiger partial charge in [-0.25, -0.2) is 0 Å². The van der Waals surface area contributed by atoms with Crippen molar-refractivity contribution in [3.05, 3.63) is 82.4 Å². The van der Waals surface area contributed by atoms with Crippen molar-refractivity contribution in [2.75, 3.05) is 26.7 Å². The summed E-state index contributed by atoms with van der Waals surface area (Å²) in [5, 5.41) is 0. The molecule has 27 heavy (non-hydrogen) atoms. The van der Waals surface area contributed by atoms with E-state index in [4.69, 9.17) is 4.74 Å². The van der Waals surface area contributed by atoms with E-state index in [1.807, 2.05) is 50.4 Å². The summed E-state index contributed by atoms with van der Waals surface area (Å²) in [6, 6.07) is 10.9. The standard InChI is InChI=1S/C22H24BrNO2S/c1-4-13-24(3)14-5-6-15-26-20-12-11-19(16(2)22(20)27)21(25)17-7-9-18(23)10-8-17/h4-12,27H,1,13-15H2,2-3H3. The van der Waals surface area contributed by atoms with Crippen molar-refractivity contribution < 1.29 is 9.53 Å². The maximum absolute atomic E-state index is 12.7. The number of rotatable bonds is 9. The van der Waals surface area contributed by atoms with E-state index in [0.717, 1.165) is 23.1 Å². The number of ether oxygens (including phenoxy) is 1. The first kappa shape index (κ1) is 21.5. The molecule has 0 saturated heterocycles. The second-order valence-electron chi connectivity index (χ2n) is 6.21. The van der Waals surface area contributed by atoms with Gasteiger partial charge in [-0.3, -0.25) is 9.69 Å². The molecule has 0 radical (unpaired) electrons. The zero-order valence-corrected chi connectivity index (χ0v) is 18.1. The lowest BCUT2D eigenvalue weighted by Crippen LogP contribution is -2.17. The summed E-state index contributed by atoms with van der Waals surface area (Å²) in [5.41, 5.74) is 2.10. The molecule has 2 aromatic rings. The topological polar surface area (TPSA) is 29.5 Å². The molecule has 0 aliphatic rings. The summed E-state index contributed by atoms with van der Waals surface area (Å²) in [5.74, 6) is 0.652. The van der Waals surface area contributed by atoms with Crippen LogP contribution >= 0.6 is 28.6 Å². The Bertz CT molecular complexity index is 831. The van der Waals surface area contributed by atoms with Crippen LogP contribution in [0.5, 0.6) is 5.75 Å². The number of likely N-dealkylation sites (N-methyl/N-ethyl adjacent to an activating group) is 1. The van der Waals surface area contributed by atoms with Gasteiger partial charge in [0.15, 0.2) is 5.78 Å². The predicted molar refractivity (Wildman–Crippen MR) is 118 cm³/mol. The highest BCUT2D eigenvalue weighted by Crippen LogP contribution is 2.30. The van der Waals surface area contributed by atoms with Crippen molar-refractivity contribution in [3.63, 3.8) is 0 Å². The Morgan fingerprint density at radius 2 is 1.89 bits per heavy atom. The average Bonchev–Trinajstić information content (AvgIpc) is 2.65. The third-order valence-corrected chi connectivity index (χ3v) is 5.19. The molecule has 0 saturated carbocycles. The van der Waals surface area contributed by atoms with Gasteiger partial charge in [0.2, 0.25) is 0 Å². The SMILES string of the molecule is C=CCN(C)CC=CCOc1ccc(C(=O)c2ccc(Br)cc2)c(C)c1S. The lowest BCUT2D eigenvalue weighted by molar-refractivity contribution is 0.103. The van der Waals surface area contributed by atoms with Crippen LogP contribution in [0.4, 0.5) is 0 Å². The van der Waals surface area contributed by atoms with Crippen molar-refractivity contribution >= 4 is 34.3 Å². The molecule has 0 aliphatic heterocycles. The highest BCUT2D eigenvalue weighted by atomic mass is 79.9. The zero-order valence-electron chi connectivity index (χ0n) is 15.6. The fourth-order valence-corrected chi connectivity index (χ4v) is 3.07. The Kier molecular flexibility index (Phi) is 8.35. The first-order chi connectivity index (χ1) is 12.9. The van der Waals surface area contributed by atoms with Gasteiger partial charge in [-0.15, -0.1) is 19.2 Å². The largest absolute Gasteiger partial charge is 0.488 e. The molecule has 0 fully saturated rings. The third kappa shape index (κ3) is 6.09. The van der Waals surface area contributed by atoms with Gasteiger partial charge in [0, 0.05) is 33.6 Å². The summed E-state index contributed by atoms with van der Waals surface area (Å²) >= 11 is 7.95. The smallest absolute Gasteiger partial charge is 0.193 e.